The van der Waals surface area contributed by atoms with Crippen molar-refractivity contribution in [3.8, 4) is 0 Å². The molecule has 2 aromatic carbocycles. The molecule has 0 aliphatic heterocycles. The zero-order chi connectivity index (χ0) is 24.1. The van der Waals surface area contributed by atoms with E-state index in [1.807, 2.05) is 24.3 Å². The van der Waals surface area contributed by atoms with Crippen LogP contribution >= 0.6 is 0 Å². The summed E-state index contributed by atoms with van der Waals surface area (Å²) in [5, 5.41) is 2.66. The summed E-state index contributed by atoms with van der Waals surface area (Å²) in [6.45, 7) is 7.32. The van der Waals surface area contributed by atoms with E-state index in [1.165, 1.54) is 13.0 Å². The Hall–Kier alpha value is -2.75. The number of amides is 1. The Morgan fingerprint density at radius 1 is 1.03 bits per heavy atom. The average molecular weight is 472 g/mol. The summed E-state index contributed by atoms with van der Waals surface area (Å²) >= 11 is 0. The summed E-state index contributed by atoms with van der Waals surface area (Å²) in [6, 6.07) is 10.2. The zero-order valence-electron chi connectivity index (χ0n) is 18.5. The number of hydrogen-bond acceptors (Lipinski definition) is 4. The van der Waals surface area contributed by atoms with Gasteiger partial charge in [-0.3, -0.25) is 9.10 Å². The quantitative estimate of drug-likeness (QED) is 0.600. The van der Waals surface area contributed by atoms with Gasteiger partial charge in [0.05, 0.1) is 17.5 Å². The van der Waals surface area contributed by atoms with Gasteiger partial charge in [0.25, 0.3) is 0 Å². The average Bonchev–Trinajstić information content (AvgIpc) is 2.72. The van der Waals surface area contributed by atoms with Crippen LogP contribution in [0, 0.1) is 0 Å². The van der Waals surface area contributed by atoms with Crippen molar-refractivity contribution in [2.75, 3.05) is 28.6 Å². The lowest BCUT2D eigenvalue weighted by molar-refractivity contribution is -0.137. The fourth-order valence-corrected chi connectivity index (χ4v) is 4.55. The van der Waals surface area contributed by atoms with Crippen LogP contribution < -0.4 is 14.5 Å². The van der Waals surface area contributed by atoms with Gasteiger partial charge in [-0.05, 0) is 56.7 Å². The number of benzene rings is 2. The molecule has 0 fully saturated rings. The Morgan fingerprint density at radius 2 is 1.62 bits per heavy atom. The molecule has 0 radical (unpaired) electrons. The molecule has 6 nitrogen and oxygen atoms in total. The Morgan fingerprint density at radius 3 is 2.12 bits per heavy atom. The molecule has 1 amide bonds. The second kappa shape index (κ2) is 10.2. The standard InChI is InChI=1S/C22H28F3N3O3S/c1-5-27(6-2)19-12-10-17(11-13-19)15-26-21(29)16(3)28(32(4,30)31)20-9-7-8-18(14-20)22(23,24)25/h7-14,16H,5-6,15H2,1-4H3,(H,26,29)/t16-/m1/s1. The predicted octanol–water partition coefficient (Wildman–Crippen LogP) is 4.02. The number of halogens is 3. The normalized spacial score (nSPS) is 12.8. The summed E-state index contributed by atoms with van der Waals surface area (Å²) in [5.74, 6) is -0.624. The lowest BCUT2D eigenvalue weighted by atomic mass is 10.1. The molecule has 0 aliphatic rings. The van der Waals surface area contributed by atoms with Crippen LogP contribution in [0.1, 0.15) is 31.9 Å². The minimum atomic E-state index is -4.64. The summed E-state index contributed by atoms with van der Waals surface area (Å²) in [6.07, 6.45) is -3.79. The zero-order valence-corrected chi connectivity index (χ0v) is 19.3. The molecule has 2 aromatic rings. The summed E-state index contributed by atoms with van der Waals surface area (Å²) in [4.78, 5) is 14.8. The third-order valence-corrected chi connectivity index (χ3v) is 6.29. The lowest BCUT2D eigenvalue weighted by Crippen LogP contribution is -2.47. The molecule has 0 spiro atoms. The van der Waals surface area contributed by atoms with Gasteiger partial charge in [-0.2, -0.15) is 13.2 Å². The van der Waals surface area contributed by atoms with E-state index in [-0.39, 0.29) is 12.2 Å². The number of carbonyl (C=O) groups is 1. The summed E-state index contributed by atoms with van der Waals surface area (Å²) < 4.78 is 64.6. The maximum Gasteiger partial charge on any atom is 0.416 e. The molecule has 10 heteroatoms. The largest absolute Gasteiger partial charge is 0.416 e. The van der Waals surface area contributed by atoms with Gasteiger partial charge in [0.15, 0.2) is 0 Å². The second-order valence-corrected chi connectivity index (χ2v) is 9.20. The van der Waals surface area contributed by atoms with Gasteiger partial charge in [-0.1, -0.05) is 18.2 Å². The number of alkyl halides is 3. The Labute approximate surface area is 187 Å². The molecule has 0 aliphatic carbocycles. The van der Waals surface area contributed by atoms with Crippen LogP contribution in [0.25, 0.3) is 0 Å². The van der Waals surface area contributed by atoms with Crippen molar-refractivity contribution in [1.82, 2.24) is 5.32 Å². The molecule has 32 heavy (non-hydrogen) atoms. The van der Waals surface area contributed by atoms with Gasteiger partial charge in [0.1, 0.15) is 6.04 Å². The molecule has 0 unspecified atom stereocenters. The third-order valence-electron chi connectivity index (χ3n) is 5.05. The maximum absolute atomic E-state index is 13.1. The van der Waals surface area contributed by atoms with E-state index in [4.69, 9.17) is 0 Å². The van der Waals surface area contributed by atoms with E-state index in [0.717, 1.165) is 48.8 Å². The molecule has 176 valence electrons. The molecular weight excluding hydrogens is 443 g/mol. The van der Waals surface area contributed by atoms with E-state index in [9.17, 15) is 26.4 Å². The number of rotatable bonds is 9. The molecule has 2 rings (SSSR count). The first-order valence-corrected chi connectivity index (χ1v) is 12.0. The topological polar surface area (TPSA) is 69.7 Å². The summed E-state index contributed by atoms with van der Waals surface area (Å²) in [5.41, 5.74) is 0.635. The number of anilines is 2. The molecule has 0 bridgehead atoms. The molecule has 0 saturated carbocycles. The van der Waals surface area contributed by atoms with Crippen LogP contribution in [0.4, 0.5) is 24.5 Å². The van der Waals surface area contributed by atoms with E-state index in [1.54, 1.807) is 0 Å². The van der Waals surface area contributed by atoms with E-state index < -0.39 is 33.7 Å². The van der Waals surface area contributed by atoms with Crippen molar-refractivity contribution in [2.24, 2.45) is 0 Å². The van der Waals surface area contributed by atoms with Crippen molar-refractivity contribution >= 4 is 27.3 Å². The summed E-state index contributed by atoms with van der Waals surface area (Å²) in [7, 11) is -4.03. The first kappa shape index (κ1) is 25.5. The number of carbonyl (C=O) groups excluding carboxylic acids is 1. The van der Waals surface area contributed by atoms with Crippen LogP contribution in [0.3, 0.4) is 0 Å². The highest BCUT2D eigenvalue weighted by atomic mass is 32.2. The van der Waals surface area contributed by atoms with Gasteiger partial charge < -0.3 is 10.2 Å². The molecule has 1 N–H and O–H groups in total. The monoisotopic (exact) mass is 471 g/mol. The lowest BCUT2D eigenvalue weighted by Gasteiger charge is -2.28. The number of sulfonamides is 1. The van der Waals surface area contributed by atoms with Crippen molar-refractivity contribution in [3.63, 3.8) is 0 Å². The fourth-order valence-electron chi connectivity index (χ4n) is 3.38. The van der Waals surface area contributed by atoms with Crippen LogP contribution in [-0.4, -0.2) is 39.7 Å². The van der Waals surface area contributed by atoms with E-state index in [2.05, 4.69) is 24.1 Å². The van der Waals surface area contributed by atoms with Crippen molar-refractivity contribution < 1.29 is 26.4 Å². The van der Waals surface area contributed by atoms with Gasteiger partial charge in [0, 0.05) is 25.3 Å². The van der Waals surface area contributed by atoms with Crippen molar-refractivity contribution in [2.45, 2.75) is 39.5 Å². The fraction of sp³-hybridized carbons (Fsp3) is 0.409. The van der Waals surface area contributed by atoms with E-state index in [0.29, 0.717) is 4.31 Å². The molecule has 0 aromatic heterocycles. The minimum absolute atomic E-state index is 0.155. The molecule has 0 saturated heterocycles. The predicted molar refractivity (Wildman–Crippen MR) is 120 cm³/mol. The smallest absolute Gasteiger partial charge is 0.372 e. The van der Waals surface area contributed by atoms with Gasteiger partial charge in [0.2, 0.25) is 15.9 Å². The van der Waals surface area contributed by atoms with Gasteiger partial charge in [-0.15, -0.1) is 0 Å². The van der Waals surface area contributed by atoms with Crippen LogP contribution in [0.2, 0.25) is 0 Å². The highest BCUT2D eigenvalue weighted by Crippen LogP contribution is 2.32. The SMILES string of the molecule is CCN(CC)c1ccc(CNC(=O)[C@@H](C)N(c2cccc(C(F)(F)F)c2)S(C)(=O)=O)cc1. The Kier molecular flexibility index (Phi) is 8.17. The van der Waals surface area contributed by atoms with Gasteiger partial charge in [-0.25, -0.2) is 8.42 Å². The minimum Gasteiger partial charge on any atom is -0.372 e. The van der Waals surface area contributed by atoms with Crippen molar-refractivity contribution in [3.05, 3.63) is 59.7 Å². The third kappa shape index (κ3) is 6.38. The first-order chi connectivity index (χ1) is 14.9. The Balaban J connectivity index is 2.18. The Bertz CT molecular complexity index is 1020. The van der Waals surface area contributed by atoms with Crippen LogP contribution in [0.15, 0.2) is 48.5 Å². The molecule has 1 atom stereocenters. The number of hydrogen-bond donors (Lipinski definition) is 1. The molecule has 0 heterocycles. The van der Waals surface area contributed by atoms with E-state index >= 15 is 0 Å². The highest BCUT2D eigenvalue weighted by molar-refractivity contribution is 7.92. The first-order valence-electron chi connectivity index (χ1n) is 10.2. The van der Waals surface area contributed by atoms with Gasteiger partial charge >= 0.3 is 6.18 Å². The molecular formula is C22H28F3N3O3S. The highest BCUT2D eigenvalue weighted by Gasteiger charge is 2.34. The second-order valence-electron chi connectivity index (χ2n) is 7.34. The van der Waals surface area contributed by atoms with Crippen LogP contribution in [0.5, 0.6) is 0 Å². The van der Waals surface area contributed by atoms with Crippen LogP contribution in [-0.2, 0) is 27.5 Å². The number of nitrogens with zero attached hydrogens (tertiary/aromatic N) is 2. The van der Waals surface area contributed by atoms with Crippen molar-refractivity contribution in [1.29, 1.82) is 0 Å². The maximum atomic E-state index is 13.1. The number of nitrogens with one attached hydrogen (secondary N) is 1.